The van der Waals surface area contributed by atoms with Crippen molar-refractivity contribution in [2.75, 3.05) is 7.11 Å². The van der Waals surface area contributed by atoms with Crippen molar-refractivity contribution in [1.82, 2.24) is 14.8 Å². The number of rotatable bonds is 7. The molecule has 0 saturated heterocycles. The van der Waals surface area contributed by atoms with Crippen molar-refractivity contribution < 1.29 is 4.74 Å². The Hall–Kier alpha value is -2.53. The molecule has 2 aromatic carbocycles. The van der Waals surface area contributed by atoms with Gasteiger partial charge in [0.15, 0.2) is 11.0 Å². The maximum atomic E-state index is 5.22. The van der Waals surface area contributed by atoms with Gasteiger partial charge < -0.3 is 4.74 Å². The number of aromatic nitrogens is 3. The fraction of sp³-hybridized carbons (Fsp3) is 0.200. The Balaban J connectivity index is 1.83. The number of hydrogen-bond acceptors (Lipinski definition) is 4. The Kier molecular flexibility index (Phi) is 5.56. The summed E-state index contributed by atoms with van der Waals surface area (Å²) in [5.74, 6) is 2.53. The van der Waals surface area contributed by atoms with E-state index in [1.54, 1.807) is 18.9 Å². The number of benzene rings is 2. The van der Waals surface area contributed by atoms with Crippen LogP contribution >= 0.6 is 11.8 Å². The minimum atomic E-state index is 0.671. The molecule has 0 bridgehead atoms. The molecule has 0 aliphatic rings. The smallest absolute Gasteiger partial charge is 0.192 e. The summed E-state index contributed by atoms with van der Waals surface area (Å²) in [6, 6.07) is 16.4. The second-order valence-corrected chi connectivity index (χ2v) is 6.65. The highest BCUT2D eigenvalue weighted by Crippen LogP contribution is 2.27. The van der Waals surface area contributed by atoms with Gasteiger partial charge in [0, 0.05) is 17.9 Å². The lowest BCUT2D eigenvalue weighted by Gasteiger charge is -2.08. The molecule has 5 heteroatoms. The van der Waals surface area contributed by atoms with E-state index in [2.05, 4.69) is 52.5 Å². The second kappa shape index (κ2) is 8.03. The molecule has 0 saturated carbocycles. The van der Waals surface area contributed by atoms with E-state index in [4.69, 9.17) is 4.74 Å². The summed E-state index contributed by atoms with van der Waals surface area (Å²) in [4.78, 5) is 0. The molecule has 0 aliphatic heterocycles. The summed E-state index contributed by atoms with van der Waals surface area (Å²) in [6.07, 6.45) is 1.87. The van der Waals surface area contributed by atoms with Gasteiger partial charge in [0.1, 0.15) is 5.75 Å². The minimum Gasteiger partial charge on any atom is -0.497 e. The zero-order valence-corrected chi connectivity index (χ0v) is 15.3. The van der Waals surface area contributed by atoms with Gasteiger partial charge in [-0.25, -0.2) is 0 Å². The minimum absolute atomic E-state index is 0.671. The van der Waals surface area contributed by atoms with Gasteiger partial charge in [0.25, 0.3) is 0 Å². The van der Waals surface area contributed by atoms with E-state index < -0.39 is 0 Å². The number of thioether (sulfide) groups is 1. The van der Waals surface area contributed by atoms with Gasteiger partial charge in [-0.2, -0.15) is 0 Å². The zero-order valence-electron chi connectivity index (χ0n) is 14.5. The van der Waals surface area contributed by atoms with Crippen LogP contribution in [0.3, 0.4) is 0 Å². The lowest BCUT2D eigenvalue weighted by atomic mass is 10.2. The molecule has 128 valence electrons. The van der Waals surface area contributed by atoms with Gasteiger partial charge in [-0.3, -0.25) is 4.57 Å². The van der Waals surface area contributed by atoms with Crippen molar-refractivity contribution >= 4 is 11.8 Å². The molecule has 1 aromatic heterocycles. The zero-order chi connectivity index (χ0) is 17.6. The van der Waals surface area contributed by atoms with Crippen LogP contribution < -0.4 is 4.74 Å². The molecule has 0 aliphatic carbocycles. The second-order valence-electron chi connectivity index (χ2n) is 5.71. The van der Waals surface area contributed by atoms with Crippen molar-refractivity contribution in [2.45, 2.75) is 24.4 Å². The molecule has 0 fully saturated rings. The van der Waals surface area contributed by atoms with Crippen LogP contribution in [0.4, 0.5) is 0 Å². The van der Waals surface area contributed by atoms with Crippen molar-refractivity contribution in [3.8, 4) is 17.1 Å². The fourth-order valence-corrected chi connectivity index (χ4v) is 3.38. The van der Waals surface area contributed by atoms with Crippen LogP contribution in [0, 0.1) is 6.92 Å². The highest BCUT2D eigenvalue weighted by atomic mass is 32.2. The average Bonchev–Trinajstić information content (AvgIpc) is 3.04. The van der Waals surface area contributed by atoms with E-state index in [1.807, 2.05) is 30.3 Å². The Morgan fingerprint density at radius 3 is 2.44 bits per heavy atom. The molecule has 0 amide bonds. The Bertz CT molecular complexity index is 838. The molecule has 0 N–H and O–H groups in total. The highest BCUT2D eigenvalue weighted by molar-refractivity contribution is 7.98. The van der Waals surface area contributed by atoms with Crippen LogP contribution in [0.2, 0.25) is 0 Å². The predicted molar refractivity (Wildman–Crippen MR) is 103 cm³/mol. The molecule has 0 spiro atoms. The van der Waals surface area contributed by atoms with E-state index in [0.29, 0.717) is 6.54 Å². The van der Waals surface area contributed by atoms with Gasteiger partial charge in [0.2, 0.25) is 0 Å². The maximum Gasteiger partial charge on any atom is 0.192 e. The molecule has 0 radical (unpaired) electrons. The van der Waals surface area contributed by atoms with Crippen LogP contribution in [-0.4, -0.2) is 21.9 Å². The summed E-state index contributed by atoms with van der Waals surface area (Å²) in [5.41, 5.74) is 3.55. The summed E-state index contributed by atoms with van der Waals surface area (Å²) in [5, 5.41) is 9.67. The Morgan fingerprint density at radius 2 is 1.80 bits per heavy atom. The SMILES string of the molecule is C=CCn1c(SCc2ccc(C)cc2)nnc1-c1ccc(OC)cc1. The summed E-state index contributed by atoms with van der Waals surface area (Å²) in [6.45, 7) is 6.63. The van der Waals surface area contributed by atoms with Gasteiger partial charge >= 0.3 is 0 Å². The third kappa shape index (κ3) is 4.12. The molecule has 3 rings (SSSR count). The summed E-state index contributed by atoms with van der Waals surface area (Å²) < 4.78 is 7.31. The highest BCUT2D eigenvalue weighted by Gasteiger charge is 2.13. The molecule has 3 aromatic rings. The number of allylic oxidation sites excluding steroid dienone is 1. The molecule has 4 nitrogen and oxygen atoms in total. The van der Waals surface area contributed by atoms with E-state index in [1.165, 1.54) is 11.1 Å². The van der Waals surface area contributed by atoms with Crippen molar-refractivity contribution in [3.05, 3.63) is 72.3 Å². The lowest BCUT2D eigenvalue weighted by molar-refractivity contribution is 0.415. The van der Waals surface area contributed by atoms with Gasteiger partial charge in [-0.05, 0) is 36.8 Å². The van der Waals surface area contributed by atoms with E-state index in [-0.39, 0.29) is 0 Å². The van der Waals surface area contributed by atoms with Crippen LogP contribution in [0.25, 0.3) is 11.4 Å². The van der Waals surface area contributed by atoms with Crippen LogP contribution in [0.15, 0.2) is 66.3 Å². The first-order chi connectivity index (χ1) is 12.2. The first kappa shape index (κ1) is 17.3. The van der Waals surface area contributed by atoms with Gasteiger partial charge in [-0.15, -0.1) is 16.8 Å². The number of aryl methyl sites for hydroxylation is 1. The lowest BCUT2D eigenvalue weighted by Crippen LogP contribution is -2.00. The number of ether oxygens (including phenoxy) is 1. The molecular weight excluding hydrogens is 330 g/mol. The predicted octanol–water partition coefficient (Wildman–Crippen LogP) is 4.74. The molecule has 25 heavy (non-hydrogen) atoms. The largest absolute Gasteiger partial charge is 0.497 e. The first-order valence-electron chi connectivity index (χ1n) is 8.08. The van der Waals surface area contributed by atoms with Crippen LogP contribution in [-0.2, 0) is 12.3 Å². The number of methoxy groups -OCH3 is 1. The average molecular weight is 351 g/mol. The quantitative estimate of drug-likeness (QED) is 0.455. The third-order valence-corrected chi connectivity index (χ3v) is 4.90. The summed E-state index contributed by atoms with van der Waals surface area (Å²) in [7, 11) is 1.66. The molecule has 1 heterocycles. The fourth-order valence-electron chi connectivity index (χ4n) is 2.47. The van der Waals surface area contributed by atoms with E-state index in [0.717, 1.165) is 28.0 Å². The standard InChI is InChI=1S/C20H21N3OS/c1-4-13-23-19(17-9-11-18(24-3)12-10-17)21-22-20(23)25-14-16-7-5-15(2)6-8-16/h4-12H,1,13-14H2,2-3H3. The van der Waals surface area contributed by atoms with E-state index >= 15 is 0 Å². The molecular formula is C20H21N3OS. The number of nitrogens with zero attached hydrogens (tertiary/aromatic N) is 3. The molecule has 0 unspecified atom stereocenters. The van der Waals surface area contributed by atoms with E-state index in [9.17, 15) is 0 Å². The maximum absolute atomic E-state index is 5.22. The Morgan fingerprint density at radius 1 is 1.08 bits per heavy atom. The van der Waals surface area contributed by atoms with Crippen LogP contribution in [0.5, 0.6) is 5.75 Å². The van der Waals surface area contributed by atoms with Crippen molar-refractivity contribution in [2.24, 2.45) is 0 Å². The van der Waals surface area contributed by atoms with Crippen LogP contribution in [0.1, 0.15) is 11.1 Å². The topological polar surface area (TPSA) is 39.9 Å². The monoisotopic (exact) mass is 351 g/mol. The normalized spacial score (nSPS) is 10.6. The first-order valence-corrected chi connectivity index (χ1v) is 9.06. The van der Waals surface area contributed by atoms with Crippen molar-refractivity contribution in [1.29, 1.82) is 0 Å². The van der Waals surface area contributed by atoms with Crippen molar-refractivity contribution in [3.63, 3.8) is 0 Å². The summed E-state index contributed by atoms with van der Waals surface area (Å²) >= 11 is 1.69. The van der Waals surface area contributed by atoms with Gasteiger partial charge in [-0.1, -0.05) is 47.7 Å². The third-order valence-electron chi connectivity index (χ3n) is 3.87. The number of hydrogen-bond donors (Lipinski definition) is 0. The van der Waals surface area contributed by atoms with Gasteiger partial charge in [0.05, 0.1) is 7.11 Å². The molecule has 0 atom stereocenters. The Labute approximate surface area is 152 Å².